The predicted octanol–water partition coefficient (Wildman–Crippen LogP) is 2.48. The van der Waals surface area contributed by atoms with Crippen LogP contribution in [0.15, 0.2) is 24.3 Å². The van der Waals surface area contributed by atoms with Gasteiger partial charge in [0.2, 0.25) is 0 Å². The van der Waals surface area contributed by atoms with Gasteiger partial charge in [-0.25, -0.2) is 0 Å². The van der Waals surface area contributed by atoms with Crippen LogP contribution in [0.5, 0.6) is 0 Å². The zero-order valence-electron chi connectivity index (χ0n) is 12.8. The molecular weight excluding hydrogens is 262 g/mol. The molecule has 0 saturated carbocycles. The molecule has 0 spiro atoms. The van der Waals surface area contributed by atoms with Crippen molar-refractivity contribution in [3.63, 3.8) is 0 Å². The number of carbonyl (C=O) groups is 1. The third-order valence-corrected chi connectivity index (χ3v) is 4.69. The molecule has 4 heteroatoms. The fourth-order valence-corrected chi connectivity index (χ4v) is 3.64. The summed E-state index contributed by atoms with van der Waals surface area (Å²) >= 11 is 0. The van der Waals surface area contributed by atoms with Crippen LogP contribution in [0.4, 0.5) is 5.69 Å². The second kappa shape index (κ2) is 6.48. The summed E-state index contributed by atoms with van der Waals surface area (Å²) in [6.07, 6.45) is 4.79. The Morgan fingerprint density at radius 3 is 3.00 bits per heavy atom. The monoisotopic (exact) mass is 287 g/mol. The molecule has 2 fully saturated rings. The number of benzene rings is 1. The van der Waals surface area contributed by atoms with E-state index in [1.165, 1.54) is 19.4 Å². The van der Waals surface area contributed by atoms with Crippen molar-refractivity contribution in [3.8, 4) is 0 Å². The molecule has 0 bridgehead atoms. The maximum absolute atomic E-state index is 12.5. The molecule has 4 nitrogen and oxygen atoms in total. The zero-order valence-corrected chi connectivity index (χ0v) is 12.8. The average molecular weight is 287 g/mol. The van der Waals surface area contributed by atoms with E-state index >= 15 is 0 Å². The highest BCUT2D eigenvalue weighted by Gasteiger charge is 2.32. The molecule has 21 heavy (non-hydrogen) atoms. The normalized spacial score (nSPS) is 25.4. The molecule has 2 aliphatic rings. The predicted molar refractivity (Wildman–Crippen MR) is 85.7 cm³/mol. The van der Waals surface area contributed by atoms with Crippen molar-refractivity contribution in [1.29, 1.82) is 0 Å². The number of anilines is 1. The van der Waals surface area contributed by atoms with E-state index in [4.69, 9.17) is 0 Å². The van der Waals surface area contributed by atoms with Gasteiger partial charge in [0.1, 0.15) is 0 Å². The summed E-state index contributed by atoms with van der Waals surface area (Å²) in [5, 5.41) is 6.50. The molecule has 0 radical (unpaired) electrons. The summed E-state index contributed by atoms with van der Waals surface area (Å²) in [4.78, 5) is 15.1. The van der Waals surface area contributed by atoms with E-state index in [0.29, 0.717) is 12.1 Å². The molecule has 2 N–H and O–H groups in total. The number of hydrogen-bond acceptors (Lipinski definition) is 3. The number of hydrogen-bond donors (Lipinski definition) is 2. The Balaban J connectivity index is 1.63. The van der Waals surface area contributed by atoms with Crippen molar-refractivity contribution in [1.82, 2.24) is 10.2 Å². The maximum atomic E-state index is 12.5. The van der Waals surface area contributed by atoms with Gasteiger partial charge in [-0.15, -0.1) is 0 Å². The molecular formula is C17H25N3O. The highest BCUT2D eigenvalue weighted by Crippen LogP contribution is 2.27. The van der Waals surface area contributed by atoms with Crippen LogP contribution in [0, 0.1) is 0 Å². The van der Waals surface area contributed by atoms with Gasteiger partial charge >= 0.3 is 0 Å². The lowest BCUT2D eigenvalue weighted by molar-refractivity contribution is 0.0897. The van der Waals surface area contributed by atoms with Crippen LogP contribution in [-0.4, -0.2) is 42.5 Å². The first-order valence-electron chi connectivity index (χ1n) is 8.15. The van der Waals surface area contributed by atoms with E-state index in [1.54, 1.807) is 0 Å². The summed E-state index contributed by atoms with van der Waals surface area (Å²) in [7, 11) is 0. The quantitative estimate of drug-likeness (QED) is 0.894. The molecule has 0 aromatic heterocycles. The minimum atomic E-state index is 0.0583. The number of nitrogens with one attached hydrogen (secondary N) is 2. The van der Waals surface area contributed by atoms with Crippen LogP contribution in [-0.2, 0) is 0 Å². The summed E-state index contributed by atoms with van der Waals surface area (Å²) in [5.74, 6) is 0.0583. The van der Waals surface area contributed by atoms with Gasteiger partial charge < -0.3 is 15.5 Å². The van der Waals surface area contributed by atoms with Crippen LogP contribution < -0.4 is 10.6 Å². The summed E-state index contributed by atoms with van der Waals surface area (Å²) in [6, 6.07) is 8.77. The van der Waals surface area contributed by atoms with Crippen LogP contribution >= 0.6 is 0 Å². The molecule has 3 rings (SSSR count). The second-order valence-electron chi connectivity index (χ2n) is 6.10. The van der Waals surface area contributed by atoms with Crippen LogP contribution in [0.25, 0.3) is 0 Å². The van der Waals surface area contributed by atoms with E-state index in [1.807, 2.05) is 31.2 Å². The SMILES string of the molecule is CCNc1ccccc1C(=O)NC1CCN2CCCC2C1. The fourth-order valence-electron chi connectivity index (χ4n) is 3.64. The third-order valence-electron chi connectivity index (χ3n) is 4.69. The lowest BCUT2D eigenvalue weighted by Gasteiger charge is -2.35. The van der Waals surface area contributed by atoms with Crippen LogP contribution in [0.3, 0.4) is 0 Å². The fraction of sp³-hybridized carbons (Fsp3) is 0.588. The minimum absolute atomic E-state index is 0.0583. The first-order valence-corrected chi connectivity index (χ1v) is 8.15. The van der Waals surface area contributed by atoms with Gasteiger partial charge in [-0.05, 0) is 51.3 Å². The van der Waals surface area contributed by atoms with Crippen LogP contribution in [0.1, 0.15) is 43.0 Å². The van der Waals surface area contributed by atoms with Gasteiger partial charge in [-0.1, -0.05) is 12.1 Å². The topological polar surface area (TPSA) is 44.4 Å². The number of amides is 1. The van der Waals surface area contributed by atoms with E-state index in [0.717, 1.165) is 37.2 Å². The van der Waals surface area contributed by atoms with Crippen LogP contribution in [0.2, 0.25) is 0 Å². The standard InChI is InChI=1S/C17H25N3O/c1-2-18-16-8-4-3-7-15(16)17(21)19-13-9-11-20-10-5-6-14(20)12-13/h3-4,7-8,13-14,18H,2,5-6,9-12H2,1H3,(H,19,21). The van der Waals surface area contributed by atoms with Gasteiger partial charge in [-0.3, -0.25) is 4.79 Å². The zero-order chi connectivity index (χ0) is 14.7. The number of carbonyl (C=O) groups excluding carboxylic acids is 1. The van der Waals surface area contributed by atoms with Crippen molar-refractivity contribution in [3.05, 3.63) is 29.8 Å². The molecule has 2 atom stereocenters. The molecule has 0 aliphatic carbocycles. The first-order chi connectivity index (χ1) is 10.3. The lowest BCUT2D eigenvalue weighted by Crippen LogP contribution is -2.47. The van der Waals surface area contributed by atoms with E-state index in [2.05, 4.69) is 15.5 Å². The van der Waals surface area contributed by atoms with Crippen molar-refractivity contribution in [2.24, 2.45) is 0 Å². The van der Waals surface area contributed by atoms with Gasteiger partial charge in [0, 0.05) is 30.9 Å². The Labute approximate surface area is 126 Å². The molecule has 114 valence electrons. The second-order valence-corrected chi connectivity index (χ2v) is 6.10. The van der Waals surface area contributed by atoms with E-state index in [9.17, 15) is 4.79 Å². The lowest BCUT2D eigenvalue weighted by atomic mass is 9.97. The van der Waals surface area contributed by atoms with Crippen molar-refractivity contribution >= 4 is 11.6 Å². The largest absolute Gasteiger partial charge is 0.385 e. The molecule has 2 heterocycles. The smallest absolute Gasteiger partial charge is 0.253 e. The highest BCUT2D eigenvalue weighted by molar-refractivity contribution is 5.99. The Hall–Kier alpha value is -1.55. The molecule has 1 aromatic carbocycles. The number of fused-ring (bicyclic) bond motifs is 1. The van der Waals surface area contributed by atoms with E-state index in [-0.39, 0.29) is 5.91 Å². The van der Waals surface area contributed by atoms with Crippen molar-refractivity contribution in [2.75, 3.05) is 25.0 Å². The molecule has 1 amide bonds. The first kappa shape index (κ1) is 14.4. The summed E-state index contributed by atoms with van der Waals surface area (Å²) in [6.45, 7) is 5.24. The Kier molecular flexibility index (Phi) is 4.44. The number of rotatable bonds is 4. The summed E-state index contributed by atoms with van der Waals surface area (Å²) < 4.78 is 0. The number of piperidine rings is 1. The summed E-state index contributed by atoms with van der Waals surface area (Å²) in [5.41, 5.74) is 1.68. The molecule has 2 unspecified atom stereocenters. The third kappa shape index (κ3) is 3.21. The van der Waals surface area contributed by atoms with Crippen molar-refractivity contribution < 1.29 is 4.79 Å². The maximum Gasteiger partial charge on any atom is 0.253 e. The minimum Gasteiger partial charge on any atom is -0.385 e. The Morgan fingerprint density at radius 2 is 2.14 bits per heavy atom. The van der Waals surface area contributed by atoms with Crippen molar-refractivity contribution in [2.45, 2.75) is 44.7 Å². The van der Waals surface area contributed by atoms with Gasteiger partial charge in [-0.2, -0.15) is 0 Å². The Morgan fingerprint density at radius 1 is 1.29 bits per heavy atom. The average Bonchev–Trinajstić information content (AvgIpc) is 2.95. The molecule has 2 aliphatic heterocycles. The van der Waals surface area contributed by atoms with Gasteiger partial charge in [0.25, 0.3) is 5.91 Å². The van der Waals surface area contributed by atoms with E-state index < -0.39 is 0 Å². The number of para-hydroxylation sites is 1. The highest BCUT2D eigenvalue weighted by atomic mass is 16.1. The molecule has 2 saturated heterocycles. The van der Waals surface area contributed by atoms with Gasteiger partial charge in [0.05, 0.1) is 5.56 Å². The molecule has 1 aromatic rings. The number of nitrogens with zero attached hydrogens (tertiary/aromatic N) is 1. The van der Waals surface area contributed by atoms with Gasteiger partial charge in [0.15, 0.2) is 0 Å². The Bertz CT molecular complexity index is 503.